The molecule has 1 atom stereocenters. The first-order valence-corrected chi connectivity index (χ1v) is 11.0. The maximum absolute atomic E-state index is 9.84. The van der Waals surface area contributed by atoms with E-state index in [1.54, 1.807) is 18.3 Å². The third-order valence-corrected chi connectivity index (χ3v) is 6.11. The molecule has 5 aromatic rings. The summed E-state index contributed by atoms with van der Waals surface area (Å²) in [6, 6.07) is 24.6. The van der Waals surface area contributed by atoms with E-state index in [1.807, 2.05) is 42.0 Å². The van der Waals surface area contributed by atoms with Crippen molar-refractivity contribution in [3.8, 4) is 21.7 Å². The fraction of sp³-hybridized carbons (Fsp3) is 0.0769. The molecule has 0 amide bonds. The van der Waals surface area contributed by atoms with E-state index < -0.39 is 6.10 Å². The summed E-state index contributed by atoms with van der Waals surface area (Å²) in [7, 11) is 0. The van der Waals surface area contributed by atoms with Crippen LogP contribution in [0, 0.1) is 0 Å². The van der Waals surface area contributed by atoms with Crippen LogP contribution in [0.5, 0.6) is 0 Å². The number of aliphatic hydroxyl groups excluding tert-OH is 1. The van der Waals surface area contributed by atoms with Crippen LogP contribution in [0.4, 0.5) is 11.4 Å². The first kappa shape index (κ1) is 19.4. The summed E-state index contributed by atoms with van der Waals surface area (Å²) in [6.45, 7) is 1.78. The monoisotopic (exact) mass is 423 g/mol. The van der Waals surface area contributed by atoms with Gasteiger partial charge in [-0.2, -0.15) is 0 Å². The lowest BCUT2D eigenvalue weighted by Crippen LogP contribution is -1.93. The SMILES string of the molecule is CC(O)c1cccc(-c2ccc(Nc3ccnc4cc(-c5nccs5)ccc34)cc2)c1. The zero-order chi connectivity index (χ0) is 21.2. The zero-order valence-corrected chi connectivity index (χ0v) is 17.8. The average molecular weight is 424 g/mol. The molecule has 5 heteroatoms. The second kappa shape index (κ2) is 8.30. The van der Waals surface area contributed by atoms with Crippen molar-refractivity contribution in [2.24, 2.45) is 0 Å². The minimum Gasteiger partial charge on any atom is -0.389 e. The zero-order valence-electron chi connectivity index (χ0n) is 17.0. The van der Waals surface area contributed by atoms with Crippen LogP contribution in [0.25, 0.3) is 32.6 Å². The van der Waals surface area contributed by atoms with Gasteiger partial charge in [0, 0.05) is 40.1 Å². The van der Waals surface area contributed by atoms with Crippen LogP contribution in [-0.4, -0.2) is 15.1 Å². The number of aromatic nitrogens is 2. The van der Waals surface area contributed by atoms with Gasteiger partial charge in [0.25, 0.3) is 0 Å². The Morgan fingerprint density at radius 3 is 2.45 bits per heavy atom. The van der Waals surface area contributed by atoms with Crippen LogP contribution in [0.15, 0.2) is 90.6 Å². The molecule has 31 heavy (non-hydrogen) atoms. The highest BCUT2D eigenvalue weighted by Crippen LogP contribution is 2.31. The summed E-state index contributed by atoms with van der Waals surface area (Å²) in [4.78, 5) is 8.94. The molecule has 2 aromatic heterocycles. The Balaban J connectivity index is 1.41. The van der Waals surface area contributed by atoms with Crippen LogP contribution in [0.1, 0.15) is 18.6 Å². The van der Waals surface area contributed by atoms with Crippen LogP contribution in [0.3, 0.4) is 0 Å². The van der Waals surface area contributed by atoms with E-state index in [0.29, 0.717) is 0 Å². The number of thiazole rings is 1. The topological polar surface area (TPSA) is 58.0 Å². The first-order valence-electron chi connectivity index (χ1n) is 10.1. The highest BCUT2D eigenvalue weighted by atomic mass is 32.1. The Morgan fingerprint density at radius 2 is 1.68 bits per heavy atom. The van der Waals surface area contributed by atoms with E-state index in [2.05, 4.69) is 63.8 Å². The molecule has 2 heterocycles. The van der Waals surface area contributed by atoms with Crippen molar-refractivity contribution in [2.45, 2.75) is 13.0 Å². The Hall–Kier alpha value is -3.54. The standard InChI is InChI=1S/C26H21N3OS/c1-17(30)19-3-2-4-20(15-19)18-5-8-22(9-6-18)29-24-11-12-27-25-16-21(7-10-23(24)25)26-28-13-14-31-26/h2-17,30H,1H3,(H,27,29). The average Bonchev–Trinajstić information content (AvgIpc) is 3.35. The molecule has 5 rings (SSSR count). The number of nitrogens with zero attached hydrogens (tertiary/aromatic N) is 2. The van der Waals surface area contributed by atoms with Gasteiger partial charge in [-0.15, -0.1) is 11.3 Å². The largest absolute Gasteiger partial charge is 0.389 e. The van der Waals surface area contributed by atoms with Crippen molar-refractivity contribution >= 4 is 33.6 Å². The van der Waals surface area contributed by atoms with Gasteiger partial charge in [0.15, 0.2) is 0 Å². The highest BCUT2D eigenvalue weighted by Gasteiger charge is 2.08. The minimum absolute atomic E-state index is 0.475. The molecule has 3 aromatic carbocycles. The first-order chi connectivity index (χ1) is 15.2. The van der Waals surface area contributed by atoms with Gasteiger partial charge in [0.05, 0.1) is 11.6 Å². The number of rotatable bonds is 5. The predicted octanol–water partition coefficient (Wildman–Crippen LogP) is 6.82. The third-order valence-electron chi connectivity index (χ3n) is 5.29. The van der Waals surface area contributed by atoms with E-state index in [-0.39, 0.29) is 0 Å². The van der Waals surface area contributed by atoms with Gasteiger partial charge >= 0.3 is 0 Å². The van der Waals surface area contributed by atoms with Gasteiger partial charge in [-0.1, -0.05) is 42.5 Å². The van der Waals surface area contributed by atoms with Gasteiger partial charge in [-0.25, -0.2) is 4.98 Å². The lowest BCUT2D eigenvalue weighted by Gasteiger charge is -2.12. The minimum atomic E-state index is -0.475. The summed E-state index contributed by atoms with van der Waals surface area (Å²) in [5, 5.41) is 17.4. The Morgan fingerprint density at radius 1 is 0.839 bits per heavy atom. The molecule has 2 N–H and O–H groups in total. The van der Waals surface area contributed by atoms with E-state index in [0.717, 1.165) is 49.5 Å². The summed E-state index contributed by atoms with van der Waals surface area (Å²) >= 11 is 1.62. The second-order valence-electron chi connectivity index (χ2n) is 7.43. The number of fused-ring (bicyclic) bond motifs is 1. The number of hydrogen-bond donors (Lipinski definition) is 2. The maximum Gasteiger partial charge on any atom is 0.123 e. The molecule has 4 nitrogen and oxygen atoms in total. The molecule has 1 unspecified atom stereocenters. The molecular weight excluding hydrogens is 402 g/mol. The van der Waals surface area contributed by atoms with Crippen molar-refractivity contribution in [1.29, 1.82) is 0 Å². The van der Waals surface area contributed by atoms with Crippen molar-refractivity contribution in [1.82, 2.24) is 9.97 Å². The summed E-state index contributed by atoms with van der Waals surface area (Å²) in [5.74, 6) is 0. The Bertz CT molecular complexity index is 1330. The van der Waals surface area contributed by atoms with Crippen LogP contribution in [-0.2, 0) is 0 Å². The third kappa shape index (κ3) is 4.06. The molecule has 0 radical (unpaired) electrons. The van der Waals surface area contributed by atoms with Gasteiger partial charge in [-0.3, -0.25) is 4.98 Å². The van der Waals surface area contributed by atoms with Gasteiger partial charge < -0.3 is 10.4 Å². The predicted molar refractivity (Wildman–Crippen MR) is 129 cm³/mol. The number of nitrogens with one attached hydrogen (secondary N) is 1. The fourth-order valence-electron chi connectivity index (χ4n) is 3.64. The maximum atomic E-state index is 9.84. The molecule has 152 valence electrons. The van der Waals surface area contributed by atoms with E-state index in [9.17, 15) is 5.11 Å². The van der Waals surface area contributed by atoms with Crippen LogP contribution < -0.4 is 5.32 Å². The Labute approximate surface area is 184 Å². The normalized spacial score (nSPS) is 12.1. The molecule has 0 saturated heterocycles. The van der Waals surface area contributed by atoms with E-state index >= 15 is 0 Å². The Kier molecular flexibility index (Phi) is 5.20. The lowest BCUT2D eigenvalue weighted by atomic mass is 10.0. The number of pyridine rings is 1. The number of anilines is 2. The fourth-order valence-corrected chi connectivity index (χ4v) is 4.27. The van der Waals surface area contributed by atoms with Gasteiger partial charge in [-0.05, 0) is 53.9 Å². The highest BCUT2D eigenvalue weighted by molar-refractivity contribution is 7.13. The van der Waals surface area contributed by atoms with E-state index in [4.69, 9.17) is 0 Å². The van der Waals surface area contributed by atoms with Gasteiger partial charge in [0.2, 0.25) is 0 Å². The van der Waals surface area contributed by atoms with E-state index in [1.165, 1.54) is 0 Å². The molecule has 0 spiro atoms. The van der Waals surface area contributed by atoms with Crippen LogP contribution in [0.2, 0.25) is 0 Å². The molecule has 0 bridgehead atoms. The molecule has 0 saturated carbocycles. The number of benzene rings is 3. The molecular formula is C26H21N3OS. The number of hydrogen-bond acceptors (Lipinski definition) is 5. The summed E-state index contributed by atoms with van der Waals surface area (Å²) < 4.78 is 0. The number of aliphatic hydroxyl groups is 1. The van der Waals surface area contributed by atoms with Crippen molar-refractivity contribution in [3.63, 3.8) is 0 Å². The van der Waals surface area contributed by atoms with Gasteiger partial charge in [0.1, 0.15) is 5.01 Å². The lowest BCUT2D eigenvalue weighted by molar-refractivity contribution is 0.199. The molecule has 0 aliphatic carbocycles. The van der Waals surface area contributed by atoms with Crippen molar-refractivity contribution in [3.05, 3.63) is 96.1 Å². The molecule has 0 fully saturated rings. The quantitative estimate of drug-likeness (QED) is 0.325. The molecule has 0 aliphatic rings. The smallest absolute Gasteiger partial charge is 0.123 e. The van der Waals surface area contributed by atoms with Crippen molar-refractivity contribution < 1.29 is 5.11 Å². The van der Waals surface area contributed by atoms with Crippen LogP contribution >= 0.6 is 11.3 Å². The summed E-state index contributed by atoms with van der Waals surface area (Å²) in [6.07, 6.45) is 3.17. The van der Waals surface area contributed by atoms with Crippen molar-refractivity contribution in [2.75, 3.05) is 5.32 Å². The summed E-state index contributed by atoms with van der Waals surface area (Å²) in [5.41, 5.74) is 7.15. The molecule has 0 aliphatic heterocycles. The second-order valence-corrected chi connectivity index (χ2v) is 8.33.